The molecule has 8 unspecified atom stereocenters. The number of benzene rings is 6. The third-order valence-corrected chi connectivity index (χ3v) is 33.2. The molecule has 4 spiro atoms. The van der Waals surface area contributed by atoms with Crippen LogP contribution in [0.3, 0.4) is 0 Å². The predicted octanol–water partition coefficient (Wildman–Crippen LogP) is 20.4. The second-order valence-corrected chi connectivity index (χ2v) is 42.0. The molecule has 0 amide bonds. The molecule has 5 heterocycles. The zero-order valence-corrected chi connectivity index (χ0v) is 73.6. The summed E-state index contributed by atoms with van der Waals surface area (Å²) in [5.41, 5.74) is -1.17. The number of ether oxygens (including phenoxy) is 11. The minimum absolute atomic E-state index is 0.0146. The number of hydrogen-bond donors (Lipinski definition) is 1. The molecule has 12 aliphatic carbocycles. The molecule has 12 saturated carbocycles. The quantitative estimate of drug-likeness (QED) is 0.0389. The molecule has 1 aromatic heterocycles. The number of carbonyl (C=O) groups is 4. The van der Waals surface area contributed by atoms with Gasteiger partial charge in [0.05, 0.1) is 65.2 Å². The molecule has 125 heavy (non-hydrogen) atoms. The van der Waals surface area contributed by atoms with Gasteiger partial charge in [-0.1, -0.05) is 135 Å². The smallest absolute Gasteiger partial charge is 0.376 e. The van der Waals surface area contributed by atoms with E-state index in [0.717, 1.165) is 171 Å². The first-order valence-corrected chi connectivity index (χ1v) is 48.6. The second kappa shape index (κ2) is 38.8. The minimum Gasteiger partial charge on any atom is -0.457 e. The van der Waals surface area contributed by atoms with E-state index in [1.807, 2.05) is 0 Å². The number of esters is 3. The molecule has 16 fully saturated rings. The predicted molar refractivity (Wildman–Crippen MR) is 461 cm³/mol. The Hall–Kier alpha value is -7.33. The zero-order valence-electron chi connectivity index (χ0n) is 72.0. The molecule has 18 nitrogen and oxygen atoms in total. The van der Waals surface area contributed by atoms with Crippen LogP contribution in [0.1, 0.15) is 211 Å². The highest BCUT2D eigenvalue weighted by atomic mass is 32.2. The van der Waals surface area contributed by atoms with Crippen molar-refractivity contribution in [2.45, 2.75) is 320 Å². The molecule has 4 saturated heterocycles. The Morgan fingerprint density at radius 2 is 0.688 bits per heavy atom. The maximum Gasteiger partial charge on any atom is 0.376 e. The Labute approximate surface area is 738 Å². The van der Waals surface area contributed by atoms with Gasteiger partial charge in [-0.3, -0.25) is 19.0 Å². The molecule has 8 bridgehead atoms. The average molecular weight is 1760 g/mol. The summed E-state index contributed by atoms with van der Waals surface area (Å²) in [6.45, 7) is 2.68. The van der Waals surface area contributed by atoms with Crippen molar-refractivity contribution < 1.29 is 94.0 Å². The van der Waals surface area contributed by atoms with E-state index in [1.54, 1.807) is 0 Å². The van der Waals surface area contributed by atoms with E-state index in [-0.39, 0.29) is 75.7 Å². The lowest BCUT2D eigenvalue weighted by Gasteiger charge is -2.58. The number of aromatic nitrogens is 2. The Morgan fingerprint density at radius 1 is 0.408 bits per heavy atom. The van der Waals surface area contributed by atoms with Crippen molar-refractivity contribution in [1.29, 1.82) is 0 Å². The van der Waals surface area contributed by atoms with Gasteiger partial charge in [0.2, 0.25) is 0 Å². The molecule has 0 radical (unpaired) electrons. The van der Waals surface area contributed by atoms with Gasteiger partial charge in [0, 0.05) is 77.6 Å². The lowest BCUT2D eigenvalue weighted by molar-refractivity contribution is -0.232. The van der Waals surface area contributed by atoms with E-state index in [0.29, 0.717) is 71.4 Å². The third-order valence-electron chi connectivity index (χ3n) is 28.8. The van der Waals surface area contributed by atoms with Crippen molar-refractivity contribution in [3.05, 3.63) is 201 Å². The number of aliphatic hydroxyl groups is 1. The standard InChI is InChI=1S/C31H44F2O8.C28H42O7.2C18H15S.C6H6F2N2O/c1-28(32,33)26(34)38-24-20-12-19-13-21(24)16-29(14-19,15-20)27(35)39-25(22-17-36-30(40-22)8-4-2-5-9-30)23-18-37-31(41-23)10-6-3-7-11-31;29-23-19-11-18-12-20(23)15-26(13-18,14-19)25(30)33-24(21-16-31-27(34-21)7-3-1-4-8-27)22-17-32-28(35-22)9-5-2-6-10-28;2*1-4-10-16(11-5-1)19(17-12-6-2-7-13-17)18-14-8-3-9-15-18;1-6(7,8)5(11)10-3-2-9-4-10/h19-25H,2-18H2,1H3;18-24,29H,1-17H2;2*1-15H;2-4H,1H3/q;;2*+1;. The minimum atomic E-state index is -3.53. The number of halogens is 4. The van der Waals surface area contributed by atoms with Crippen LogP contribution in [0.4, 0.5) is 17.6 Å². The Morgan fingerprint density at radius 3 is 0.952 bits per heavy atom. The average Bonchev–Trinajstić information content (AvgIpc) is 0.992. The first-order chi connectivity index (χ1) is 60.5. The van der Waals surface area contributed by atoms with Crippen molar-refractivity contribution in [3.63, 3.8) is 0 Å². The molecular weight excluding hydrogens is 1640 g/mol. The summed E-state index contributed by atoms with van der Waals surface area (Å²) in [6, 6.07) is 64.3. The van der Waals surface area contributed by atoms with E-state index in [1.165, 1.54) is 54.6 Å². The summed E-state index contributed by atoms with van der Waals surface area (Å²) in [4.78, 5) is 62.6. The Bertz CT molecular complexity index is 4260. The van der Waals surface area contributed by atoms with Crippen LogP contribution in [-0.4, -0.2) is 149 Å². The fourth-order valence-corrected chi connectivity index (χ4v) is 27.5. The van der Waals surface area contributed by atoms with Crippen molar-refractivity contribution in [2.75, 3.05) is 26.4 Å². The van der Waals surface area contributed by atoms with Gasteiger partial charge < -0.3 is 57.2 Å². The van der Waals surface area contributed by atoms with Crippen LogP contribution in [0.2, 0.25) is 0 Å². The molecule has 8 atom stereocenters. The van der Waals surface area contributed by atoms with Crippen LogP contribution in [0.5, 0.6) is 0 Å². The highest BCUT2D eigenvalue weighted by Crippen LogP contribution is 2.63. The maximum atomic E-state index is 14.2. The van der Waals surface area contributed by atoms with Crippen LogP contribution in [-0.2, 0) is 88.3 Å². The lowest BCUT2D eigenvalue weighted by Crippen LogP contribution is -2.59. The zero-order chi connectivity index (χ0) is 86.4. The highest BCUT2D eigenvalue weighted by Gasteiger charge is 2.65. The largest absolute Gasteiger partial charge is 0.457 e. The van der Waals surface area contributed by atoms with Crippen LogP contribution in [0, 0.1) is 46.3 Å². The number of rotatable bonds is 17. The SMILES string of the molecule is CC(F)(F)C(=O)OC1C2CC3CC1CC(C(=O)OC(C1COC4(CCCCC4)O1)C1COC4(CCCCC4)O1)(C3)C2.CC(F)(F)C(=O)n1ccnc1.O=C(OC(C1COC2(CCCCC2)O1)C1COC2(CCCCC2)O1)C12CC3CC(C1)C(O)C(C3)C2.c1ccc([S+](c2ccccc2)c2ccccc2)cc1.c1ccc([S+](c2ccccc2)c2ccccc2)cc1. The fourth-order valence-electron chi connectivity index (χ4n) is 23.3. The van der Waals surface area contributed by atoms with E-state index >= 15 is 0 Å². The second-order valence-electron chi connectivity index (χ2n) is 37.9. The van der Waals surface area contributed by atoms with Crippen LogP contribution < -0.4 is 0 Å². The van der Waals surface area contributed by atoms with Gasteiger partial charge in [-0.05, 0) is 224 Å². The van der Waals surface area contributed by atoms with Gasteiger partial charge in [-0.25, -0.2) is 9.78 Å². The monoisotopic (exact) mass is 1760 g/mol. The molecule has 24 heteroatoms. The van der Waals surface area contributed by atoms with E-state index < -0.39 is 88.2 Å². The molecule has 670 valence electrons. The van der Waals surface area contributed by atoms with Gasteiger partial charge in [0.15, 0.2) is 64.7 Å². The molecule has 1 N–H and O–H groups in total. The third kappa shape index (κ3) is 20.5. The molecule has 23 rings (SSSR count). The Kier molecular flexibility index (Phi) is 27.8. The van der Waals surface area contributed by atoms with E-state index in [2.05, 4.69) is 187 Å². The van der Waals surface area contributed by atoms with Crippen molar-refractivity contribution in [2.24, 2.45) is 46.3 Å². The summed E-state index contributed by atoms with van der Waals surface area (Å²) in [5, 5.41) is 10.7. The van der Waals surface area contributed by atoms with Gasteiger partial charge in [-0.2, -0.15) is 17.6 Å². The maximum absolute atomic E-state index is 14.2. The van der Waals surface area contributed by atoms with Gasteiger partial charge in [-0.15, -0.1) is 0 Å². The van der Waals surface area contributed by atoms with Gasteiger partial charge in [0.1, 0.15) is 36.8 Å². The number of imidazole rings is 1. The molecule has 16 aliphatic rings. The van der Waals surface area contributed by atoms with Crippen LogP contribution in [0.25, 0.3) is 0 Å². The number of aliphatic hydroxyl groups excluding tert-OH is 1. The molecule has 4 aliphatic heterocycles. The highest BCUT2D eigenvalue weighted by molar-refractivity contribution is 7.97. The summed E-state index contributed by atoms with van der Waals surface area (Å²) < 4.78 is 122. The normalized spacial score (nSPS) is 30.8. The first-order valence-electron chi connectivity index (χ1n) is 46.1. The van der Waals surface area contributed by atoms with E-state index in [4.69, 9.17) is 52.1 Å². The number of hydrogen-bond acceptors (Lipinski definition) is 17. The van der Waals surface area contributed by atoms with Gasteiger partial charge >= 0.3 is 35.7 Å². The molecule has 7 aromatic rings. The van der Waals surface area contributed by atoms with Gasteiger partial charge in [0.25, 0.3) is 0 Å². The molecule has 6 aromatic carbocycles. The number of alkyl halides is 4. The summed E-state index contributed by atoms with van der Waals surface area (Å²) in [5.74, 6) is -11.2. The molecular formula is C101H122F4N2O16S2+2. The summed E-state index contributed by atoms with van der Waals surface area (Å²) in [7, 11) is -0.0293. The van der Waals surface area contributed by atoms with Crippen molar-refractivity contribution >= 4 is 45.6 Å². The fraction of sp³-hybridized carbons (Fsp3) is 0.574. The first kappa shape index (κ1) is 89.6. The number of carbonyl (C=O) groups excluding carboxylic acids is 4. The van der Waals surface area contributed by atoms with Crippen LogP contribution >= 0.6 is 0 Å². The summed E-state index contributed by atoms with van der Waals surface area (Å²) in [6.07, 6.45) is 28.1. The lowest BCUT2D eigenvalue weighted by atomic mass is 9.48. The van der Waals surface area contributed by atoms with E-state index in [9.17, 15) is 41.8 Å². The Balaban J connectivity index is 0.000000118. The number of nitrogens with zero attached hydrogens (tertiary/aromatic N) is 2. The summed E-state index contributed by atoms with van der Waals surface area (Å²) >= 11 is 0. The topological polar surface area (TPSA) is 208 Å². The van der Waals surface area contributed by atoms with Crippen molar-refractivity contribution in [3.8, 4) is 0 Å². The van der Waals surface area contributed by atoms with Crippen LogP contribution in [0.15, 0.2) is 230 Å². The van der Waals surface area contributed by atoms with Crippen molar-refractivity contribution in [1.82, 2.24) is 9.55 Å².